The molecular formula is C15H23ClN2O3S. The molecule has 1 aliphatic rings. The first-order valence-corrected chi connectivity index (χ1v) is 9.72. The number of hydrogen-bond donors (Lipinski definition) is 2. The SMILES string of the molecule is CS(=O)(=O)NCCN1CCC(C(O)c2ccc(Cl)cc2)CC1. The van der Waals surface area contributed by atoms with Crippen molar-refractivity contribution in [2.45, 2.75) is 18.9 Å². The number of piperidine rings is 1. The largest absolute Gasteiger partial charge is 0.388 e. The van der Waals surface area contributed by atoms with Crippen molar-refractivity contribution >= 4 is 21.6 Å². The van der Waals surface area contributed by atoms with Crippen LogP contribution in [0.3, 0.4) is 0 Å². The van der Waals surface area contributed by atoms with Crippen LogP contribution in [0.1, 0.15) is 24.5 Å². The number of nitrogens with zero attached hydrogens (tertiary/aromatic N) is 1. The van der Waals surface area contributed by atoms with Gasteiger partial charge in [0.2, 0.25) is 10.0 Å². The zero-order chi connectivity index (χ0) is 16.2. The number of benzene rings is 1. The maximum absolute atomic E-state index is 11.0. The Labute approximate surface area is 137 Å². The Bertz CT molecular complexity index is 569. The van der Waals surface area contributed by atoms with E-state index in [2.05, 4.69) is 9.62 Å². The van der Waals surface area contributed by atoms with E-state index in [0.29, 0.717) is 18.1 Å². The van der Waals surface area contributed by atoms with Crippen molar-refractivity contribution in [3.8, 4) is 0 Å². The molecule has 1 aromatic rings. The van der Waals surface area contributed by atoms with Crippen molar-refractivity contribution in [3.63, 3.8) is 0 Å². The summed E-state index contributed by atoms with van der Waals surface area (Å²) in [6, 6.07) is 7.34. The normalized spacial score (nSPS) is 19.2. The van der Waals surface area contributed by atoms with Gasteiger partial charge in [-0.15, -0.1) is 0 Å². The lowest BCUT2D eigenvalue weighted by Crippen LogP contribution is -2.40. The summed E-state index contributed by atoms with van der Waals surface area (Å²) < 4.78 is 24.5. The van der Waals surface area contributed by atoms with Gasteiger partial charge in [0.25, 0.3) is 0 Å². The van der Waals surface area contributed by atoms with Crippen LogP contribution in [0.4, 0.5) is 0 Å². The Hall–Kier alpha value is -0.660. The highest BCUT2D eigenvalue weighted by molar-refractivity contribution is 7.88. The van der Waals surface area contributed by atoms with Gasteiger partial charge >= 0.3 is 0 Å². The summed E-state index contributed by atoms with van der Waals surface area (Å²) in [5, 5.41) is 11.1. The summed E-state index contributed by atoms with van der Waals surface area (Å²) in [4.78, 5) is 2.23. The molecule has 0 aliphatic carbocycles. The molecule has 2 N–H and O–H groups in total. The molecule has 0 spiro atoms. The number of rotatable bonds is 6. The van der Waals surface area contributed by atoms with Crippen LogP contribution in [0.2, 0.25) is 5.02 Å². The Balaban J connectivity index is 1.78. The average molecular weight is 347 g/mol. The summed E-state index contributed by atoms with van der Waals surface area (Å²) in [6.45, 7) is 2.89. The highest BCUT2D eigenvalue weighted by Crippen LogP contribution is 2.31. The van der Waals surface area contributed by atoms with Gasteiger partial charge < -0.3 is 10.0 Å². The van der Waals surface area contributed by atoms with Crippen LogP contribution in [0.25, 0.3) is 0 Å². The molecule has 0 saturated carbocycles. The third-order valence-electron chi connectivity index (χ3n) is 4.08. The molecule has 7 heteroatoms. The van der Waals surface area contributed by atoms with Crippen LogP contribution in [0.5, 0.6) is 0 Å². The van der Waals surface area contributed by atoms with Crippen molar-refractivity contribution in [2.24, 2.45) is 5.92 Å². The topological polar surface area (TPSA) is 69.6 Å². The van der Waals surface area contributed by atoms with E-state index >= 15 is 0 Å². The van der Waals surface area contributed by atoms with E-state index in [9.17, 15) is 13.5 Å². The fourth-order valence-corrected chi connectivity index (χ4v) is 3.40. The van der Waals surface area contributed by atoms with Gasteiger partial charge in [0.05, 0.1) is 12.4 Å². The van der Waals surface area contributed by atoms with Crippen molar-refractivity contribution in [1.29, 1.82) is 0 Å². The summed E-state index contributed by atoms with van der Waals surface area (Å²) in [6.07, 6.45) is 2.51. The van der Waals surface area contributed by atoms with Crippen LogP contribution in [-0.2, 0) is 10.0 Å². The molecule has 1 fully saturated rings. The number of aliphatic hydroxyl groups excluding tert-OH is 1. The molecule has 1 saturated heterocycles. The van der Waals surface area contributed by atoms with E-state index in [0.717, 1.165) is 31.5 Å². The second-order valence-electron chi connectivity index (χ2n) is 5.84. The minimum Gasteiger partial charge on any atom is -0.388 e. The van der Waals surface area contributed by atoms with Gasteiger partial charge in [-0.1, -0.05) is 23.7 Å². The van der Waals surface area contributed by atoms with Crippen molar-refractivity contribution < 1.29 is 13.5 Å². The average Bonchev–Trinajstić information content (AvgIpc) is 2.47. The Morgan fingerprint density at radius 3 is 2.45 bits per heavy atom. The maximum Gasteiger partial charge on any atom is 0.208 e. The number of halogens is 1. The molecule has 1 aliphatic heterocycles. The molecule has 5 nitrogen and oxygen atoms in total. The van der Waals surface area contributed by atoms with Crippen LogP contribution in [0.15, 0.2) is 24.3 Å². The third kappa shape index (κ3) is 5.52. The van der Waals surface area contributed by atoms with E-state index in [1.807, 2.05) is 12.1 Å². The highest BCUT2D eigenvalue weighted by atomic mass is 35.5. The lowest BCUT2D eigenvalue weighted by atomic mass is 9.87. The Morgan fingerprint density at radius 1 is 1.32 bits per heavy atom. The number of sulfonamides is 1. The molecule has 0 aromatic heterocycles. The smallest absolute Gasteiger partial charge is 0.208 e. The third-order valence-corrected chi connectivity index (χ3v) is 5.06. The fourth-order valence-electron chi connectivity index (χ4n) is 2.81. The maximum atomic E-state index is 11.0. The van der Waals surface area contributed by atoms with E-state index in [-0.39, 0.29) is 5.92 Å². The molecule has 1 unspecified atom stereocenters. The number of hydrogen-bond acceptors (Lipinski definition) is 4. The summed E-state index contributed by atoms with van der Waals surface area (Å²) in [5.41, 5.74) is 0.904. The fraction of sp³-hybridized carbons (Fsp3) is 0.600. The second kappa shape index (κ2) is 7.75. The molecule has 0 bridgehead atoms. The van der Waals surface area contributed by atoms with Crippen LogP contribution >= 0.6 is 11.6 Å². The van der Waals surface area contributed by atoms with E-state index in [1.54, 1.807) is 12.1 Å². The lowest BCUT2D eigenvalue weighted by Gasteiger charge is -2.34. The van der Waals surface area contributed by atoms with Crippen LogP contribution < -0.4 is 4.72 Å². The molecule has 1 aromatic carbocycles. The lowest BCUT2D eigenvalue weighted by molar-refractivity contribution is 0.0596. The quantitative estimate of drug-likeness (QED) is 0.821. The van der Waals surface area contributed by atoms with Gasteiger partial charge in [-0.2, -0.15) is 0 Å². The first kappa shape index (κ1) is 17.7. The Morgan fingerprint density at radius 2 is 1.91 bits per heavy atom. The van der Waals surface area contributed by atoms with Crippen molar-refractivity contribution in [1.82, 2.24) is 9.62 Å². The molecule has 22 heavy (non-hydrogen) atoms. The number of likely N-dealkylation sites (tertiary alicyclic amines) is 1. The van der Waals surface area contributed by atoms with Crippen molar-refractivity contribution in [2.75, 3.05) is 32.4 Å². The van der Waals surface area contributed by atoms with Gasteiger partial charge in [0.15, 0.2) is 0 Å². The van der Waals surface area contributed by atoms with Crippen LogP contribution in [0, 0.1) is 5.92 Å². The minimum atomic E-state index is -3.12. The molecule has 1 heterocycles. The number of nitrogens with one attached hydrogen (secondary N) is 1. The first-order chi connectivity index (χ1) is 10.3. The van der Waals surface area contributed by atoms with Crippen LogP contribution in [-0.4, -0.2) is 50.9 Å². The molecule has 0 amide bonds. The van der Waals surface area contributed by atoms with E-state index in [4.69, 9.17) is 11.6 Å². The van der Waals surface area contributed by atoms with E-state index in [1.165, 1.54) is 6.26 Å². The molecule has 1 atom stereocenters. The first-order valence-electron chi connectivity index (χ1n) is 7.45. The number of aliphatic hydroxyl groups is 1. The van der Waals surface area contributed by atoms with Gasteiger partial charge in [-0.25, -0.2) is 13.1 Å². The van der Waals surface area contributed by atoms with Gasteiger partial charge in [-0.3, -0.25) is 0 Å². The summed E-state index contributed by atoms with van der Waals surface area (Å²) in [7, 11) is -3.12. The zero-order valence-corrected chi connectivity index (χ0v) is 14.3. The van der Waals surface area contributed by atoms with E-state index < -0.39 is 16.1 Å². The molecule has 124 valence electrons. The monoisotopic (exact) mass is 346 g/mol. The van der Waals surface area contributed by atoms with Gasteiger partial charge in [-0.05, 0) is 49.5 Å². The second-order valence-corrected chi connectivity index (χ2v) is 8.11. The van der Waals surface area contributed by atoms with Gasteiger partial charge in [0, 0.05) is 18.1 Å². The standard InChI is InChI=1S/C15H23ClN2O3S/c1-22(20,21)17-8-11-18-9-6-13(7-10-18)15(19)12-2-4-14(16)5-3-12/h2-5,13,15,17,19H,6-11H2,1H3. The molecular weight excluding hydrogens is 324 g/mol. The zero-order valence-electron chi connectivity index (χ0n) is 12.7. The molecule has 0 radical (unpaired) electrons. The summed E-state index contributed by atoms with van der Waals surface area (Å²) >= 11 is 5.86. The predicted molar refractivity (Wildman–Crippen MR) is 88.4 cm³/mol. The summed E-state index contributed by atoms with van der Waals surface area (Å²) in [5.74, 6) is 0.236. The minimum absolute atomic E-state index is 0.236. The highest BCUT2D eigenvalue weighted by Gasteiger charge is 2.26. The molecule has 2 rings (SSSR count). The predicted octanol–water partition coefficient (Wildman–Crippen LogP) is 1.63. The Kier molecular flexibility index (Phi) is 6.23. The van der Waals surface area contributed by atoms with Crippen molar-refractivity contribution in [3.05, 3.63) is 34.9 Å². The van der Waals surface area contributed by atoms with Gasteiger partial charge in [0.1, 0.15) is 0 Å².